The molecule has 0 amide bonds. The van der Waals surface area contributed by atoms with Gasteiger partial charge in [-0.1, -0.05) is 13.8 Å². The van der Waals surface area contributed by atoms with Crippen molar-refractivity contribution < 1.29 is 8.42 Å². The summed E-state index contributed by atoms with van der Waals surface area (Å²) in [6.07, 6.45) is 1.75. The monoisotopic (exact) mass is 249 g/mol. The second-order valence-corrected chi connectivity index (χ2v) is 6.58. The molecule has 1 aliphatic rings. The molecule has 1 rings (SSSR count). The molecular formula is C10H23N3O2S. The van der Waals surface area contributed by atoms with Gasteiger partial charge in [0.1, 0.15) is 0 Å². The first kappa shape index (κ1) is 13.9. The van der Waals surface area contributed by atoms with Crippen LogP contribution in [0.25, 0.3) is 0 Å². The molecule has 5 nitrogen and oxygen atoms in total. The lowest BCUT2D eigenvalue weighted by Gasteiger charge is -2.30. The zero-order valence-corrected chi connectivity index (χ0v) is 11.0. The van der Waals surface area contributed by atoms with Crippen molar-refractivity contribution in [3.8, 4) is 0 Å². The zero-order chi connectivity index (χ0) is 12.2. The average molecular weight is 249 g/mol. The van der Waals surface area contributed by atoms with E-state index >= 15 is 0 Å². The SMILES string of the molecule is CC(C)CNS(=O)(=O)N1CCC(CN)CC1. The molecule has 0 aromatic carbocycles. The van der Waals surface area contributed by atoms with E-state index in [1.807, 2.05) is 13.8 Å². The molecule has 1 saturated heterocycles. The summed E-state index contributed by atoms with van der Waals surface area (Å²) < 4.78 is 27.9. The number of hydrogen-bond donors (Lipinski definition) is 2. The maximum absolute atomic E-state index is 11.9. The summed E-state index contributed by atoms with van der Waals surface area (Å²) in [5, 5.41) is 0. The molecule has 0 spiro atoms. The standard InChI is InChI=1S/C10H23N3O2S/c1-9(2)8-12-16(14,15)13-5-3-10(7-11)4-6-13/h9-10,12H,3-8,11H2,1-2H3. The lowest BCUT2D eigenvalue weighted by atomic mass is 9.99. The van der Waals surface area contributed by atoms with Gasteiger partial charge in [-0.2, -0.15) is 12.7 Å². The summed E-state index contributed by atoms with van der Waals surface area (Å²) >= 11 is 0. The maximum Gasteiger partial charge on any atom is 0.279 e. The van der Waals surface area contributed by atoms with Gasteiger partial charge >= 0.3 is 0 Å². The Hall–Kier alpha value is -0.170. The van der Waals surface area contributed by atoms with Crippen LogP contribution in [-0.2, 0) is 10.2 Å². The van der Waals surface area contributed by atoms with E-state index < -0.39 is 10.2 Å². The van der Waals surface area contributed by atoms with E-state index in [9.17, 15) is 8.42 Å². The minimum atomic E-state index is -3.27. The number of nitrogens with one attached hydrogen (secondary N) is 1. The Morgan fingerprint density at radius 2 is 1.94 bits per heavy atom. The fourth-order valence-corrected chi connectivity index (χ4v) is 3.17. The van der Waals surface area contributed by atoms with Gasteiger partial charge in [0.05, 0.1) is 0 Å². The van der Waals surface area contributed by atoms with E-state index in [1.165, 1.54) is 4.31 Å². The number of hydrogen-bond acceptors (Lipinski definition) is 3. The smallest absolute Gasteiger partial charge is 0.279 e. The van der Waals surface area contributed by atoms with Gasteiger partial charge in [0.2, 0.25) is 0 Å². The minimum Gasteiger partial charge on any atom is -0.330 e. The number of piperidine rings is 1. The predicted molar refractivity (Wildman–Crippen MR) is 65.1 cm³/mol. The van der Waals surface area contributed by atoms with Gasteiger partial charge in [-0.15, -0.1) is 0 Å². The van der Waals surface area contributed by atoms with E-state index in [-0.39, 0.29) is 0 Å². The van der Waals surface area contributed by atoms with Crippen LogP contribution in [0.15, 0.2) is 0 Å². The van der Waals surface area contributed by atoms with Crippen molar-refractivity contribution in [1.29, 1.82) is 0 Å². The maximum atomic E-state index is 11.9. The fourth-order valence-electron chi connectivity index (χ4n) is 1.75. The summed E-state index contributed by atoms with van der Waals surface area (Å²) in [5.74, 6) is 0.813. The Morgan fingerprint density at radius 1 is 1.38 bits per heavy atom. The van der Waals surface area contributed by atoms with E-state index in [0.717, 1.165) is 12.8 Å². The first-order valence-electron chi connectivity index (χ1n) is 5.90. The lowest BCUT2D eigenvalue weighted by molar-refractivity contribution is 0.275. The minimum absolute atomic E-state index is 0.330. The van der Waals surface area contributed by atoms with Crippen LogP contribution in [0.3, 0.4) is 0 Å². The third-order valence-electron chi connectivity index (χ3n) is 2.92. The molecule has 96 valence electrons. The van der Waals surface area contributed by atoms with Crippen molar-refractivity contribution in [1.82, 2.24) is 9.03 Å². The van der Waals surface area contributed by atoms with Gasteiger partial charge in [-0.3, -0.25) is 0 Å². The van der Waals surface area contributed by atoms with E-state index in [4.69, 9.17) is 5.73 Å². The van der Waals surface area contributed by atoms with Gasteiger partial charge in [0, 0.05) is 19.6 Å². The van der Waals surface area contributed by atoms with Crippen LogP contribution in [-0.4, -0.2) is 38.9 Å². The van der Waals surface area contributed by atoms with Crippen LogP contribution in [0.1, 0.15) is 26.7 Å². The van der Waals surface area contributed by atoms with Crippen molar-refractivity contribution >= 4 is 10.2 Å². The zero-order valence-electron chi connectivity index (χ0n) is 10.1. The average Bonchev–Trinajstić information content (AvgIpc) is 2.27. The highest BCUT2D eigenvalue weighted by molar-refractivity contribution is 7.87. The van der Waals surface area contributed by atoms with Crippen LogP contribution < -0.4 is 10.5 Å². The molecule has 1 heterocycles. The highest BCUT2D eigenvalue weighted by Crippen LogP contribution is 2.17. The topological polar surface area (TPSA) is 75.4 Å². The summed E-state index contributed by atoms with van der Waals surface area (Å²) in [6, 6.07) is 0. The molecule has 0 saturated carbocycles. The van der Waals surface area contributed by atoms with Crippen LogP contribution in [0.5, 0.6) is 0 Å². The van der Waals surface area contributed by atoms with Crippen LogP contribution >= 0.6 is 0 Å². The van der Waals surface area contributed by atoms with Gasteiger partial charge in [-0.05, 0) is 31.2 Å². The van der Waals surface area contributed by atoms with Crippen LogP contribution in [0, 0.1) is 11.8 Å². The predicted octanol–water partition coefficient (Wildman–Crippen LogP) is 0.148. The molecule has 1 aliphatic heterocycles. The molecule has 1 fully saturated rings. The van der Waals surface area contributed by atoms with Crippen molar-refractivity contribution in [3.63, 3.8) is 0 Å². The Morgan fingerprint density at radius 3 is 2.38 bits per heavy atom. The first-order valence-corrected chi connectivity index (χ1v) is 7.34. The number of nitrogens with two attached hydrogens (primary N) is 1. The summed E-state index contributed by atoms with van der Waals surface area (Å²) in [6.45, 7) is 6.32. The normalized spacial score (nSPS) is 20.5. The molecule has 0 bridgehead atoms. The van der Waals surface area contributed by atoms with Gasteiger partial charge in [-0.25, -0.2) is 4.72 Å². The van der Waals surface area contributed by atoms with Crippen molar-refractivity contribution in [2.75, 3.05) is 26.2 Å². The van der Waals surface area contributed by atoms with Gasteiger partial charge in [0.15, 0.2) is 0 Å². The summed E-state index contributed by atoms with van der Waals surface area (Å²) in [5.41, 5.74) is 5.57. The number of rotatable bonds is 5. The quantitative estimate of drug-likeness (QED) is 0.728. The van der Waals surface area contributed by atoms with Crippen LogP contribution in [0.4, 0.5) is 0 Å². The second-order valence-electron chi connectivity index (χ2n) is 4.83. The van der Waals surface area contributed by atoms with Crippen molar-refractivity contribution in [3.05, 3.63) is 0 Å². The molecule has 0 radical (unpaired) electrons. The molecule has 16 heavy (non-hydrogen) atoms. The Kier molecular flexibility index (Phi) is 5.17. The third kappa shape index (κ3) is 4.01. The molecule has 6 heteroatoms. The van der Waals surface area contributed by atoms with E-state index in [0.29, 0.717) is 38.0 Å². The van der Waals surface area contributed by atoms with E-state index in [2.05, 4.69) is 4.72 Å². The molecule has 0 atom stereocenters. The van der Waals surface area contributed by atoms with Crippen molar-refractivity contribution in [2.24, 2.45) is 17.6 Å². The molecular weight excluding hydrogens is 226 g/mol. The van der Waals surface area contributed by atoms with Gasteiger partial charge in [0.25, 0.3) is 10.2 Å². The second kappa shape index (κ2) is 5.95. The van der Waals surface area contributed by atoms with Crippen molar-refractivity contribution in [2.45, 2.75) is 26.7 Å². The highest BCUT2D eigenvalue weighted by atomic mass is 32.2. The molecule has 0 aromatic rings. The summed E-state index contributed by atoms with van der Waals surface area (Å²) in [7, 11) is -3.27. The molecule has 0 aliphatic carbocycles. The molecule has 0 unspecified atom stereocenters. The first-order chi connectivity index (χ1) is 7.45. The Bertz CT molecular complexity index is 295. The van der Waals surface area contributed by atoms with Gasteiger partial charge < -0.3 is 5.73 Å². The highest BCUT2D eigenvalue weighted by Gasteiger charge is 2.26. The van der Waals surface area contributed by atoms with E-state index in [1.54, 1.807) is 0 Å². The summed E-state index contributed by atoms with van der Waals surface area (Å²) in [4.78, 5) is 0. The Balaban J connectivity index is 2.45. The largest absolute Gasteiger partial charge is 0.330 e. The molecule has 3 N–H and O–H groups in total. The number of nitrogens with zero attached hydrogens (tertiary/aromatic N) is 1. The Labute approximate surface area is 98.6 Å². The molecule has 0 aromatic heterocycles. The third-order valence-corrected chi connectivity index (χ3v) is 4.50. The van der Waals surface area contributed by atoms with Crippen LogP contribution in [0.2, 0.25) is 0 Å². The lowest BCUT2D eigenvalue weighted by Crippen LogP contribution is -2.46. The fraction of sp³-hybridized carbons (Fsp3) is 1.00.